The molecule has 7 atom stereocenters. The van der Waals surface area contributed by atoms with Crippen molar-refractivity contribution < 1.29 is 48.3 Å². The number of rotatable bonds is 13. The Bertz CT molecular complexity index is 2790. The lowest BCUT2D eigenvalue weighted by Gasteiger charge is -2.35. The van der Waals surface area contributed by atoms with Crippen LogP contribution in [-0.2, 0) is 52.8 Å². The first kappa shape index (κ1) is 51.3. The number of aryl methyl sites for hydroxylation is 1. The zero-order valence-electron chi connectivity index (χ0n) is 41.1. The fraction of sp³-hybridized carbons (Fsp3) is 0.585. The Morgan fingerprint density at radius 1 is 0.552 bits per heavy atom. The highest BCUT2D eigenvalue weighted by Gasteiger charge is 2.70. The molecule has 1 N–H and O–H groups in total. The molecular formula is C53H70O11S3. The van der Waals surface area contributed by atoms with Gasteiger partial charge in [0.1, 0.15) is 0 Å². The van der Waals surface area contributed by atoms with E-state index >= 15 is 0 Å². The van der Waals surface area contributed by atoms with Crippen LogP contribution >= 0.6 is 0 Å². The third kappa shape index (κ3) is 8.76. The van der Waals surface area contributed by atoms with Crippen molar-refractivity contribution in [3.05, 3.63) is 87.5 Å². The molecule has 2 aromatic rings. The summed E-state index contributed by atoms with van der Waals surface area (Å²) in [6, 6.07) is 15.7. The first-order chi connectivity index (χ1) is 30.7. The molecule has 6 fully saturated rings. The number of fused-ring (bicyclic) bond motifs is 6. The average Bonchev–Trinajstić information content (AvgIpc) is 3.82. The molecule has 14 heteroatoms. The fourth-order valence-corrected chi connectivity index (χ4v) is 18.6. The van der Waals surface area contributed by atoms with Crippen molar-refractivity contribution in [2.24, 2.45) is 50.2 Å². The highest BCUT2D eigenvalue weighted by molar-refractivity contribution is 7.95. The zero-order chi connectivity index (χ0) is 49.7. The van der Waals surface area contributed by atoms with Crippen LogP contribution < -0.4 is 0 Å². The van der Waals surface area contributed by atoms with E-state index in [0.717, 1.165) is 41.5 Å². The van der Waals surface area contributed by atoms with E-state index in [1.54, 1.807) is 27.7 Å². The van der Waals surface area contributed by atoms with E-state index < -0.39 is 74.7 Å². The van der Waals surface area contributed by atoms with Gasteiger partial charge in [-0.2, -0.15) is 16.8 Å². The molecule has 0 aromatic heterocycles. The monoisotopic (exact) mass is 978 g/mol. The van der Waals surface area contributed by atoms with Crippen LogP contribution in [-0.4, -0.2) is 78.3 Å². The number of hydrogen-bond donors (Lipinski definition) is 1. The number of Topliss-reactive ketones (excluding diaryl/α,β-unsaturated/α-hetero) is 3. The molecule has 7 unspecified atom stereocenters. The Morgan fingerprint density at radius 2 is 0.821 bits per heavy atom. The van der Waals surface area contributed by atoms with Crippen LogP contribution in [0.1, 0.15) is 130 Å². The van der Waals surface area contributed by atoms with Crippen molar-refractivity contribution in [1.82, 2.24) is 0 Å². The normalized spacial score (nSPS) is 32.8. The minimum absolute atomic E-state index is 0.0135. The maximum atomic E-state index is 13.8. The van der Waals surface area contributed by atoms with E-state index in [1.165, 1.54) is 5.56 Å². The predicted octanol–water partition coefficient (Wildman–Crippen LogP) is 9.55. The van der Waals surface area contributed by atoms with Gasteiger partial charge in [0.25, 0.3) is 20.2 Å². The van der Waals surface area contributed by atoms with Crippen LogP contribution in [0, 0.1) is 57.2 Å². The van der Waals surface area contributed by atoms with Crippen LogP contribution in [0.15, 0.2) is 65.3 Å². The highest BCUT2D eigenvalue weighted by atomic mass is 32.2. The van der Waals surface area contributed by atoms with Gasteiger partial charge in [-0.1, -0.05) is 95.6 Å². The Morgan fingerprint density at radius 3 is 1.09 bits per heavy atom. The molecule has 366 valence electrons. The summed E-state index contributed by atoms with van der Waals surface area (Å²) in [6.45, 7) is 20.8. The maximum absolute atomic E-state index is 13.8. The van der Waals surface area contributed by atoms with Gasteiger partial charge < -0.3 is 4.55 Å². The summed E-state index contributed by atoms with van der Waals surface area (Å²) in [4.78, 5) is 40.8. The first-order valence-corrected chi connectivity index (χ1v) is 28.6. The molecule has 0 radical (unpaired) electrons. The average molecular weight is 979 g/mol. The van der Waals surface area contributed by atoms with Crippen molar-refractivity contribution in [2.45, 2.75) is 127 Å². The van der Waals surface area contributed by atoms with Gasteiger partial charge in [0.2, 0.25) is 0 Å². The Labute approximate surface area is 399 Å². The zero-order valence-corrected chi connectivity index (χ0v) is 43.5. The Balaban J connectivity index is 0.000000220. The summed E-state index contributed by atoms with van der Waals surface area (Å²) >= 11 is 0. The number of ketones is 3. The number of carbonyl (C=O) groups is 3. The van der Waals surface area contributed by atoms with Crippen molar-refractivity contribution in [2.75, 3.05) is 17.3 Å². The summed E-state index contributed by atoms with van der Waals surface area (Å²) in [6.07, 6.45) is 8.94. The van der Waals surface area contributed by atoms with Crippen molar-refractivity contribution >= 4 is 71.5 Å². The molecule has 6 aliphatic carbocycles. The quantitative estimate of drug-likeness (QED) is 0.115. The van der Waals surface area contributed by atoms with Crippen LogP contribution in [0.4, 0.5) is 0 Å². The Hall–Kier alpha value is -3.53. The van der Waals surface area contributed by atoms with E-state index in [-0.39, 0.29) is 52.4 Å². The second-order valence-corrected chi connectivity index (χ2v) is 27.7. The van der Waals surface area contributed by atoms with Crippen molar-refractivity contribution in [3.8, 4) is 0 Å². The van der Waals surface area contributed by atoms with E-state index in [4.69, 9.17) is 8.37 Å². The summed E-state index contributed by atoms with van der Waals surface area (Å²) < 4.78 is 83.3. The molecule has 8 rings (SSSR count). The van der Waals surface area contributed by atoms with Gasteiger partial charge >= 0.3 is 0 Å². The lowest BCUT2D eigenvalue weighted by Crippen LogP contribution is -2.43. The van der Waals surface area contributed by atoms with Gasteiger partial charge in [-0.25, -0.2) is 4.21 Å². The SMILES string of the molecule is C=S(=O)(O)CC12CCC(/C(=C\c3ccc(/C=C4/C(=O)C5(CS(=O)(=O)OC(C)C)CCC4C5(C)C)cc3)C1=O)C2(C)C.Cc1ccc(/C=C2/C(=O)C3(CS(=O)(=O)OC(C)C)CCC2C3(C)C)cc1. The van der Waals surface area contributed by atoms with Gasteiger partial charge in [0, 0.05) is 16.7 Å². The second kappa shape index (κ2) is 17.1. The molecule has 6 bridgehead atoms. The topological polar surface area (TPSA) is 175 Å². The van der Waals surface area contributed by atoms with Gasteiger partial charge in [-0.15, -0.1) is 0 Å². The van der Waals surface area contributed by atoms with Crippen LogP contribution in [0.5, 0.6) is 0 Å². The molecule has 0 saturated heterocycles. The third-order valence-corrected chi connectivity index (χ3v) is 21.1. The minimum Gasteiger partial charge on any atom is -0.314 e. The molecular weight excluding hydrogens is 909 g/mol. The third-order valence-electron chi connectivity index (χ3n) is 17.1. The summed E-state index contributed by atoms with van der Waals surface area (Å²) in [7, 11) is -11.0. The number of benzene rings is 2. The van der Waals surface area contributed by atoms with Crippen molar-refractivity contribution in [3.63, 3.8) is 0 Å². The first-order valence-electron chi connectivity index (χ1n) is 23.6. The largest absolute Gasteiger partial charge is 0.314 e. The van der Waals surface area contributed by atoms with Crippen LogP contribution in [0.3, 0.4) is 0 Å². The van der Waals surface area contributed by atoms with Gasteiger partial charge in [-0.05, 0) is 148 Å². The van der Waals surface area contributed by atoms with Gasteiger partial charge in [-0.3, -0.25) is 22.7 Å². The minimum atomic E-state index is -3.87. The Kier molecular flexibility index (Phi) is 13.1. The summed E-state index contributed by atoms with van der Waals surface area (Å²) in [5.41, 5.74) is 1.88. The smallest absolute Gasteiger partial charge is 0.268 e. The molecule has 0 amide bonds. The molecule has 6 aliphatic rings. The lowest BCUT2D eigenvalue weighted by atomic mass is 9.70. The van der Waals surface area contributed by atoms with E-state index in [9.17, 15) is 40.0 Å². The summed E-state index contributed by atoms with van der Waals surface area (Å²) in [5, 5.41) is 0. The molecule has 2 aromatic carbocycles. The number of allylic oxidation sites excluding steroid dienone is 3. The molecule has 0 aliphatic heterocycles. The molecule has 11 nitrogen and oxygen atoms in total. The predicted molar refractivity (Wildman–Crippen MR) is 266 cm³/mol. The van der Waals surface area contributed by atoms with Crippen LogP contribution in [0.2, 0.25) is 0 Å². The van der Waals surface area contributed by atoms with Gasteiger partial charge in [0.05, 0.1) is 55.5 Å². The fourth-order valence-electron chi connectivity index (χ4n) is 13.4. The molecule has 0 spiro atoms. The van der Waals surface area contributed by atoms with Gasteiger partial charge in [0.15, 0.2) is 17.3 Å². The molecule has 67 heavy (non-hydrogen) atoms. The standard InChI is InChI=1S/C32H42O7S2.C21H28O4S/c1-20(2)39-41(37,38)19-32-15-13-26(30(32,5)6)24(28(32)34)17-22-10-8-21(9-11-22)16-23-25-12-14-31(27(23)33,29(25,3)4)18-40(7,35)36;1-14(2)25-26(23,24)13-21-11-10-18(20(21,4)5)17(19(21)22)12-16-8-6-15(3)7-9-16/h8-11,16-17,20,25-26H,7,12-15,18-19H2,1-6H3,(H,35,36);6-9,12,14,18H,10-11,13H2,1-5H3/b23-16+,24-17+;17-12+. The lowest BCUT2D eigenvalue weighted by molar-refractivity contribution is -0.126. The van der Waals surface area contributed by atoms with E-state index in [1.807, 2.05) is 115 Å². The van der Waals surface area contributed by atoms with E-state index in [0.29, 0.717) is 30.4 Å². The van der Waals surface area contributed by atoms with E-state index in [2.05, 4.69) is 5.87 Å². The summed E-state index contributed by atoms with van der Waals surface area (Å²) in [5.74, 6) is 2.65. The molecule has 6 saturated carbocycles. The highest BCUT2D eigenvalue weighted by Crippen LogP contribution is 2.69. The number of hydrogen-bond acceptors (Lipinski definition) is 10. The second-order valence-electron chi connectivity index (χ2n) is 22.7. The van der Waals surface area contributed by atoms with Crippen molar-refractivity contribution in [1.29, 1.82) is 0 Å². The maximum Gasteiger partial charge on any atom is 0.268 e. The number of carbonyl (C=O) groups excluding carboxylic acids is 3. The molecule has 0 heterocycles. The van der Waals surface area contributed by atoms with Crippen LogP contribution in [0.25, 0.3) is 18.2 Å².